The van der Waals surface area contributed by atoms with Gasteiger partial charge in [-0.05, 0) is 29.2 Å². The van der Waals surface area contributed by atoms with Gasteiger partial charge in [0.15, 0.2) is 0 Å². The Morgan fingerprint density at radius 2 is 1.81 bits per heavy atom. The fourth-order valence-electron chi connectivity index (χ4n) is 2.15. The van der Waals surface area contributed by atoms with Crippen LogP contribution in [0.1, 0.15) is 37.5 Å². The maximum absolute atomic E-state index is 9.23. The number of ether oxygens (including phenoxy) is 1. The molecule has 0 fully saturated rings. The number of para-hydroxylation sites is 1. The van der Waals surface area contributed by atoms with Crippen molar-refractivity contribution < 1.29 is 9.84 Å². The molecule has 21 heavy (non-hydrogen) atoms. The van der Waals surface area contributed by atoms with E-state index in [-0.39, 0.29) is 12.0 Å². The van der Waals surface area contributed by atoms with Crippen molar-refractivity contribution in [3.8, 4) is 17.6 Å². The van der Waals surface area contributed by atoms with E-state index in [2.05, 4.69) is 26.8 Å². The third-order valence-electron chi connectivity index (χ3n) is 3.26. The summed E-state index contributed by atoms with van der Waals surface area (Å²) in [4.78, 5) is 0. The minimum atomic E-state index is -0.0897. The van der Waals surface area contributed by atoms with Gasteiger partial charge in [-0.3, -0.25) is 0 Å². The Morgan fingerprint density at radius 1 is 1.10 bits per heavy atom. The van der Waals surface area contributed by atoms with Crippen molar-refractivity contribution in [2.75, 3.05) is 0 Å². The summed E-state index contributed by atoms with van der Waals surface area (Å²) in [6, 6.07) is 15.1. The molecule has 0 aliphatic heterocycles. The summed E-state index contributed by atoms with van der Waals surface area (Å²) >= 11 is 0. The minimum Gasteiger partial charge on any atom is -0.456 e. The van der Waals surface area contributed by atoms with Gasteiger partial charge in [0.1, 0.15) is 17.6 Å². The van der Waals surface area contributed by atoms with Gasteiger partial charge in [0.2, 0.25) is 0 Å². The lowest BCUT2D eigenvalue weighted by Gasteiger charge is -2.22. The van der Waals surface area contributed by atoms with Gasteiger partial charge in [-0.25, -0.2) is 0 Å². The molecule has 0 spiro atoms. The molecule has 2 aromatic rings. The zero-order valence-electron chi connectivity index (χ0n) is 12.6. The summed E-state index contributed by atoms with van der Waals surface area (Å²) in [5.74, 6) is 1.25. The first kappa shape index (κ1) is 15.1. The number of rotatable bonds is 3. The van der Waals surface area contributed by atoms with Crippen molar-refractivity contribution in [1.29, 1.82) is 5.26 Å². The molecule has 0 unspecified atom stereocenters. The SMILES string of the molecule is CC(C)(C)c1ccccc1Oc1ccc(CO)cc1C#N. The smallest absolute Gasteiger partial charge is 0.145 e. The largest absolute Gasteiger partial charge is 0.456 e. The summed E-state index contributed by atoms with van der Waals surface area (Å²) in [6.45, 7) is 6.27. The molecule has 2 aromatic carbocycles. The van der Waals surface area contributed by atoms with Gasteiger partial charge in [0, 0.05) is 5.56 Å². The molecule has 3 heteroatoms. The lowest BCUT2D eigenvalue weighted by Crippen LogP contribution is -2.12. The molecule has 0 aromatic heterocycles. The van der Waals surface area contributed by atoms with E-state index in [4.69, 9.17) is 9.84 Å². The number of aliphatic hydroxyl groups excluding tert-OH is 1. The summed E-state index contributed by atoms with van der Waals surface area (Å²) < 4.78 is 5.95. The maximum atomic E-state index is 9.23. The molecule has 0 saturated carbocycles. The molecule has 0 bridgehead atoms. The third kappa shape index (κ3) is 3.42. The van der Waals surface area contributed by atoms with Gasteiger partial charge in [0.25, 0.3) is 0 Å². The van der Waals surface area contributed by atoms with Crippen molar-refractivity contribution in [3.63, 3.8) is 0 Å². The van der Waals surface area contributed by atoms with Gasteiger partial charge in [-0.1, -0.05) is 45.0 Å². The molecule has 0 saturated heterocycles. The van der Waals surface area contributed by atoms with Crippen molar-refractivity contribution in [2.45, 2.75) is 32.8 Å². The average Bonchev–Trinajstić information content (AvgIpc) is 2.47. The first-order chi connectivity index (χ1) is 9.95. The van der Waals surface area contributed by atoms with E-state index in [1.54, 1.807) is 18.2 Å². The number of benzene rings is 2. The number of hydrogen-bond acceptors (Lipinski definition) is 3. The number of aliphatic hydroxyl groups is 1. The molecule has 1 N–H and O–H groups in total. The highest BCUT2D eigenvalue weighted by Crippen LogP contribution is 2.35. The van der Waals surface area contributed by atoms with Gasteiger partial charge in [-0.15, -0.1) is 0 Å². The minimum absolute atomic E-state index is 0.0472. The summed E-state index contributed by atoms with van der Waals surface area (Å²) in [5, 5.41) is 18.4. The molecule has 3 nitrogen and oxygen atoms in total. The molecule has 108 valence electrons. The van der Waals surface area contributed by atoms with E-state index in [1.165, 1.54) is 0 Å². The molecule has 2 rings (SSSR count). The Labute approximate surface area is 125 Å². The Kier molecular flexibility index (Phi) is 4.30. The topological polar surface area (TPSA) is 53.2 Å². The molecule has 0 aliphatic carbocycles. The van der Waals surface area contributed by atoms with E-state index in [9.17, 15) is 5.26 Å². The number of hydrogen-bond donors (Lipinski definition) is 1. The van der Waals surface area contributed by atoms with Crippen LogP contribution in [0.2, 0.25) is 0 Å². The van der Waals surface area contributed by atoms with E-state index in [0.29, 0.717) is 16.9 Å². The molecule has 0 amide bonds. The normalized spacial score (nSPS) is 11.0. The van der Waals surface area contributed by atoms with E-state index < -0.39 is 0 Å². The quantitative estimate of drug-likeness (QED) is 0.919. The van der Waals surface area contributed by atoms with E-state index in [1.807, 2.05) is 24.3 Å². The highest BCUT2D eigenvalue weighted by atomic mass is 16.5. The van der Waals surface area contributed by atoms with Crippen LogP contribution in [0.5, 0.6) is 11.5 Å². The van der Waals surface area contributed by atoms with Crippen LogP contribution in [0.4, 0.5) is 0 Å². The second kappa shape index (κ2) is 5.99. The number of nitrogens with zero attached hydrogens (tertiary/aromatic N) is 1. The van der Waals surface area contributed by atoms with Crippen LogP contribution in [-0.4, -0.2) is 5.11 Å². The third-order valence-corrected chi connectivity index (χ3v) is 3.26. The summed E-state index contributed by atoms with van der Waals surface area (Å²) in [5.41, 5.74) is 2.16. The summed E-state index contributed by atoms with van der Waals surface area (Å²) in [6.07, 6.45) is 0. The van der Waals surface area contributed by atoms with Crippen LogP contribution in [0, 0.1) is 11.3 Å². The second-order valence-electron chi connectivity index (χ2n) is 5.95. The molecule has 0 atom stereocenters. The Bertz CT molecular complexity index is 678. The first-order valence-electron chi connectivity index (χ1n) is 6.87. The van der Waals surface area contributed by atoms with Crippen LogP contribution in [0.15, 0.2) is 42.5 Å². The fourth-order valence-corrected chi connectivity index (χ4v) is 2.15. The molecule has 0 heterocycles. The van der Waals surface area contributed by atoms with Crippen LogP contribution in [0.3, 0.4) is 0 Å². The molecular weight excluding hydrogens is 262 g/mol. The Morgan fingerprint density at radius 3 is 2.43 bits per heavy atom. The Hall–Kier alpha value is -2.31. The average molecular weight is 281 g/mol. The second-order valence-corrected chi connectivity index (χ2v) is 5.95. The van der Waals surface area contributed by atoms with Gasteiger partial charge >= 0.3 is 0 Å². The predicted molar refractivity (Wildman–Crippen MR) is 82.3 cm³/mol. The molecule has 0 radical (unpaired) electrons. The van der Waals surface area contributed by atoms with Crippen molar-refractivity contribution in [1.82, 2.24) is 0 Å². The van der Waals surface area contributed by atoms with Crippen LogP contribution in [-0.2, 0) is 12.0 Å². The van der Waals surface area contributed by atoms with Crippen LogP contribution >= 0.6 is 0 Å². The van der Waals surface area contributed by atoms with Gasteiger partial charge in [-0.2, -0.15) is 5.26 Å². The van der Waals surface area contributed by atoms with E-state index >= 15 is 0 Å². The number of nitriles is 1. The van der Waals surface area contributed by atoms with Gasteiger partial charge in [0.05, 0.1) is 12.2 Å². The lowest BCUT2D eigenvalue weighted by molar-refractivity contribution is 0.281. The van der Waals surface area contributed by atoms with Crippen LogP contribution in [0.25, 0.3) is 0 Å². The molecular formula is C18H19NO2. The first-order valence-corrected chi connectivity index (χ1v) is 6.87. The van der Waals surface area contributed by atoms with E-state index in [0.717, 1.165) is 11.3 Å². The molecule has 0 aliphatic rings. The summed E-state index contributed by atoms with van der Waals surface area (Å²) in [7, 11) is 0. The fraction of sp³-hybridized carbons (Fsp3) is 0.278. The highest BCUT2D eigenvalue weighted by Gasteiger charge is 2.19. The highest BCUT2D eigenvalue weighted by molar-refractivity contribution is 5.49. The van der Waals surface area contributed by atoms with Gasteiger partial charge < -0.3 is 9.84 Å². The zero-order chi connectivity index (χ0) is 15.5. The van der Waals surface area contributed by atoms with Crippen molar-refractivity contribution in [2.24, 2.45) is 0 Å². The Balaban J connectivity index is 2.42. The van der Waals surface area contributed by atoms with Crippen molar-refractivity contribution >= 4 is 0 Å². The lowest BCUT2D eigenvalue weighted by atomic mass is 9.86. The predicted octanol–water partition coefficient (Wildman–Crippen LogP) is 4.14. The maximum Gasteiger partial charge on any atom is 0.145 e. The monoisotopic (exact) mass is 281 g/mol. The van der Waals surface area contributed by atoms with Crippen molar-refractivity contribution in [3.05, 3.63) is 59.2 Å². The zero-order valence-corrected chi connectivity index (χ0v) is 12.6. The van der Waals surface area contributed by atoms with Crippen LogP contribution < -0.4 is 4.74 Å². The standard InChI is InChI=1S/C18H19NO2/c1-18(2,3)15-6-4-5-7-17(15)21-16-9-8-13(12-20)10-14(16)11-19/h4-10,20H,12H2,1-3H3.